The summed E-state index contributed by atoms with van der Waals surface area (Å²) in [6, 6.07) is 14.3. The molecule has 150 valence electrons. The summed E-state index contributed by atoms with van der Waals surface area (Å²) < 4.78 is 5.61. The first-order valence-corrected chi connectivity index (χ1v) is 9.69. The second kappa shape index (κ2) is 7.75. The molecule has 0 aromatic heterocycles. The number of ether oxygens (including phenoxy) is 1. The maximum atomic E-state index is 13.3. The molecule has 0 saturated carbocycles. The van der Waals surface area contributed by atoms with Crippen LogP contribution in [0.5, 0.6) is 5.75 Å². The lowest BCUT2D eigenvalue weighted by molar-refractivity contribution is -0.129. The number of hydrogen-bond acceptors (Lipinski definition) is 4. The Hall–Kier alpha value is -3.06. The molecule has 4 rings (SSSR count). The van der Waals surface area contributed by atoms with E-state index in [4.69, 9.17) is 22.1 Å². The molecule has 0 bridgehead atoms. The van der Waals surface area contributed by atoms with E-state index in [0.29, 0.717) is 29.5 Å². The van der Waals surface area contributed by atoms with Crippen LogP contribution in [0.2, 0.25) is 5.02 Å². The van der Waals surface area contributed by atoms with E-state index in [1.165, 1.54) is 4.90 Å². The molecule has 2 atom stereocenters. The van der Waals surface area contributed by atoms with Crippen molar-refractivity contribution in [3.8, 4) is 5.75 Å². The van der Waals surface area contributed by atoms with Crippen LogP contribution in [0.3, 0.4) is 0 Å². The van der Waals surface area contributed by atoms with Gasteiger partial charge >= 0.3 is 0 Å². The highest BCUT2D eigenvalue weighted by atomic mass is 35.5. The molecule has 1 saturated heterocycles. The summed E-state index contributed by atoms with van der Waals surface area (Å²) in [5.74, 6) is -1.05. The molecule has 0 spiro atoms. The number of rotatable bonds is 4. The van der Waals surface area contributed by atoms with E-state index in [-0.39, 0.29) is 24.8 Å². The minimum Gasteiger partial charge on any atom is -0.477 e. The minimum absolute atomic E-state index is 0.0282. The van der Waals surface area contributed by atoms with Gasteiger partial charge in [0.25, 0.3) is 5.91 Å². The first kappa shape index (κ1) is 19.3. The Morgan fingerprint density at radius 2 is 1.83 bits per heavy atom. The number of fused-ring (bicyclic) bond motifs is 1. The van der Waals surface area contributed by atoms with Crippen molar-refractivity contribution in [2.24, 2.45) is 11.7 Å². The Kier molecular flexibility index (Phi) is 5.15. The van der Waals surface area contributed by atoms with Crippen molar-refractivity contribution in [2.45, 2.75) is 19.1 Å². The Morgan fingerprint density at radius 3 is 2.59 bits per heavy atom. The Labute approximate surface area is 173 Å². The number of carbonyl (C=O) groups is 3. The van der Waals surface area contributed by atoms with Crippen molar-refractivity contribution >= 4 is 35.0 Å². The highest BCUT2D eigenvalue weighted by molar-refractivity contribution is 6.31. The molecule has 2 aromatic rings. The number of likely N-dealkylation sites (tertiary alicyclic amines) is 1. The van der Waals surface area contributed by atoms with Crippen LogP contribution in [0.25, 0.3) is 0 Å². The fourth-order valence-electron chi connectivity index (χ4n) is 3.73. The van der Waals surface area contributed by atoms with Gasteiger partial charge in [-0.15, -0.1) is 0 Å². The molecular formula is C21H20ClN3O4. The zero-order valence-corrected chi connectivity index (χ0v) is 16.3. The number of para-hydroxylation sites is 2. The molecule has 7 nitrogen and oxygen atoms in total. The molecule has 2 aliphatic heterocycles. The number of nitrogens with two attached hydrogens (primary N) is 1. The molecule has 0 unspecified atom stereocenters. The van der Waals surface area contributed by atoms with E-state index in [1.54, 1.807) is 35.2 Å². The molecule has 1 fully saturated rings. The Balaban J connectivity index is 1.53. The minimum atomic E-state index is -0.926. The third kappa shape index (κ3) is 3.78. The normalized spacial score (nSPS) is 20.9. The van der Waals surface area contributed by atoms with Crippen LogP contribution >= 0.6 is 11.6 Å². The summed E-state index contributed by atoms with van der Waals surface area (Å²) >= 11 is 6.20. The monoisotopic (exact) mass is 413 g/mol. The van der Waals surface area contributed by atoms with Gasteiger partial charge in [-0.25, -0.2) is 0 Å². The summed E-state index contributed by atoms with van der Waals surface area (Å²) in [7, 11) is 0. The molecule has 0 aliphatic carbocycles. The third-order valence-electron chi connectivity index (χ3n) is 5.24. The predicted molar refractivity (Wildman–Crippen MR) is 107 cm³/mol. The molecule has 8 heteroatoms. The van der Waals surface area contributed by atoms with Crippen LogP contribution < -0.4 is 15.4 Å². The van der Waals surface area contributed by atoms with Crippen LogP contribution in [0, 0.1) is 5.92 Å². The number of halogens is 1. The lowest BCUT2D eigenvalue weighted by Gasteiger charge is -2.34. The maximum Gasteiger partial charge on any atom is 0.260 e. The summed E-state index contributed by atoms with van der Waals surface area (Å²) in [4.78, 5) is 40.6. The average Bonchev–Trinajstić information content (AvgIpc) is 3.08. The molecule has 2 aromatic carbocycles. The van der Waals surface area contributed by atoms with Gasteiger partial charge < -0.3 is 20.3 Å². The van der Waals surface area contributed by atoms with E-state index in [2.05, 4.69) is 0 Å². The quantitative estimate of drug-likeness (QED) is 0.829. The van der Waals surface area contributed by atoms with Crippen molar-refractivity contribution in [1.82, 2.24) is 4.90 Å². The summed E-state index contributed by atoms with van der Waals surface area (Å²) in [6.07, 6.45) is -0.811. The van der Waals surface area contributed by atoms with Gasteiger partial charge in [-0.2, -0.15) is 0 Å². The molecule has 0 radical (unpaired) electrons. The van der Waals surface area contributed by atoms with Gasteiger partial charge in [0.1, 0.15) is 5.75 Å². The van der Waals surface area contributed by atoms with Crippen LogP contribution in [-0.2, 0) is 20.9 Å². The number of nitrogens with zero attached hydrogens (tertiary/aromatic N) is 2. The van der Waals surface area contributed by atoms with Crippen LogP contribution in [0.15, 0.2) is 48.5 Å². The third-order valence-corrected chi connectivity index (χ3v) is 5.61. The van der Waals surface area contributed by atoms with Crippen molar-refractivity contribution in [1.29, 1.82) is 0 Å². The van der Waals surface area contributed by atoms with E-state index < -0.39 is 17.9 Å². The van der Waals surface area contributed by atoms with E-state index >= 15 is 0 Å². The van der Waals surface area contributed by atoms with Gasteiger partial charge in [0.15, 0.2) is 6.10 Å². The standard InChI is InChI=1S/C21H20ClN3O4/c22-15-6-2-1-5-13(15)10-24-11-14(9-19(24)26)21(28)25-12-18(20(23)27)29-17-8-4-3-7-16(17)25/h1-8,14,18H,9-12H2,(H2,23,27)/t14-,18+/m1/s1. The first-order valence-electron chi connectivity index (χ1n) is 9.31. The van der Waals surface area contributed by atoms with Gasteiger partial charge in [0.2, 0.25) is 11.8 Å². The zero-order valence-electron chi connectivity index (χ0n) is 15.6. The number of benzene rings is 2. The lowest BCUT2D eigenvalue weighted by atomic mass is 10.0. The molecule has 3 amide bonds. The molecule has 29 heavy (non-hydrogen) atoms. The van der Waals surface area contributed by atoms with Crippen LogP contribution in [-0.4, -0.2) is 41.8 Å². The Morgan fingerprint density at radius 1 is 1.10 bits per heavy atom. The van der Waals surface area contributed by atoms with Gasteiger partial charge in [-0.05, 0) is 23.8 Å². The highest BCUT2D eigenvalue weighted by Crippen LogP contribution is 2.35. The van der Waals surface area contributed by atoms with Crippen molar-refractivity contribution < 1.29 is 19.1 Å². The van der Waals surface area contributed by atoms with Gasteiger partial charge in [0, 0.05) is 24.5 Å². The fourth-order valence-corrected chi connectivity index (χ4v) is 3.93. The number of anilines is 1. The highest BCUT2D eigenvalue weighted by Gasteiger charge is 2.40. The second-order valence-electron chi connectivity index (χ2n) is 7.19. The smallest absolute Gasteiger partial charge is 0.260 e. The zero-order chi connectivity index (χ0) is 20.5. The fraction of sp³-hybridized carbons (Fsp3) is 0.286. The van der Waals surface area contributed by atoms with Crippen molar-refractivity contribution in [3.63, 3.8) is 0 Å². The number of primary amides is 1. The average molecular weight is 414 g/mol. The topological polar surface area (TPSA) is 92.9 Å². The second-order valence-corrected chi connectivity index (χ2v) is 7.60. The summed E-state index contributed by atoms with van der Waals surface area (Å²) in [5, 5.41) is 0.585. The maximum absolute atomic E-state index is 13.3. The first-order chi connectivity index (χ1) is 13.9. The molecule has 2 N–H and O–H groups in total. The number of carbonyl (C=O) groups excluding carboxylic acids is 3. The van der Waals surface area contributed by atoms with Crippen LogP contribution in [0.4, 0.5) is 5.69 Å². The van der Waals surface area contributed by atoms with E-state index in [1.807, 2.05) is 18.2 Å². The van der Waals surface area contributed by atoms with E-state index in [0.717, 1.165) is 5.56 Å². The summed E-state index contributed by atoms with van der Waals surface area (Å²) in [6.45, 7) is 0.677. The molecular weight excluding hydrogens is 394 g/mol. The SMILES string of the molecule is NC(=O)[C@@H]1CN(C(=O)[C@@H]2CC(=O)N(Cc3ccccc3Cl)C2)c2ccccc2O1. The van der Waals surface area contributed by atoms with E-state index in [9.17, 15) is 14.4 Å². The number of amides is 3. The lowest BCUT2D eigenvalue weighted by Crippen LogP contribution is -2.51. The Bertz CT molecular complexity index is 980. The number of hydrogen-bond donors (Lipinski definition) is 1. The molecule has 2 heterocycles. The predicted octanol–water partition coefficient (Wildman–Crippen LogP) is 1.97. The van der Waals surface area contributed by atoms with Gasteiger partial charge in [-0.3, -0.25) is 14.4 Å². The largest absolute Gasteiger partial charge is 0.477 e. The molecule has 2 aliphatic rings. The van der Waals surface area contributed by atoms with Gasteiger partial charge in [0.05, 0.1) is 18.2 Å². The van der Waals surface area contributed by atoms with Crippen molar-refractivity contribution in [2.75, 3.05) is 18.0 Å². The summed E-state index contributed by atoms with van der Waals surface area (Å²) in [5.41, 5.74) is 6.82. The van der Waals surface area contributed by atoms with Gasteiger partial charge in [-0.1, -0.05) is 41.9 Å². The van der Waals surface area contributed by atoms with Crippen molar-refractivity contribution in [3.05, 3.63) is 59.1 Å². The van der Waals surface area contributed by atoms with Crippen LogP contribution in [0.1, 0.15) is 12.0 Å².